The van der Waals surface area contributed by atoms with Crippen LogP contribution in [0.15, 0.2) is 12.1 Å². The summed E-state index contributed by atoms with van der Waals surface area (Å²) in [5, 5.41) is 0. The zero-order valence-corrected chi connectivity index (χ0v) is 8.18. The molecule has 2 nitrogen and oxygen atoms in total. The lowest BCUT2D eigenvalue weighted by molar-refractivity contribution is 0.121. The van der Waals surface area contributed by atoms with E-state index in [0.717, 1.165) is 5.56 Å². The summed E-state index contributed by atoms with van der Waals surface area (Å²) in [4.78, 5) is 4.29. The third-order valence-electron chi connectivity index (χ3n) is 2.03. The highest BCUT2D eigenvalue weighted by atomic mass is 19.2. The molecule has 78 valence electrons. The van der Waals surface area contributed by atoms with Crippen LogP contribution in [0, 0.1) is 11.6 Å². The molecule has 0 heterocycles. The second kappa shape index (κ2) is 4.48. The van der Waals surface area contributed by atoms with Gasteiger partial charge in [-0.3, -0.25) is 4.84 Å². The molecule has 0 aromatic heterocycles. The molecule has 0 aliphatic rings. The van der Waals surface area contributed by atoms with Gasteiger partial charge in [0.15, 0.2) is 11.6 Å². The van der Waals surface area contributed by atoms with Crippen LogP contribution in [0.4, 0.5) is 8.78 Å². The topological polar surface area (TPSA) is 35.2 Å². The minimum absolute atomic E-state index is 0.122. The molecule has 0 saturated carbocycles. The summed E-state index contributed by atoms with van der Waals surface area (Å²) >= 11 is 0. The fourth-order valence-electron chi connectivity index (χ4n) is 1.20. The van der Waals surface area contributed by atoms with Crippen molar-refractivity contribution in [2.75, 3.05) is 0 Å². The quantitative estimate of drug-likeness (QED) is 0.762. The highest BCUT2D eigenvalue weighted by molar-refractivity contribution is 5.28. The molecule has 0 fully saturated rings. The van der Waals surface area contributed by atoms with Gasteiger partial charge in [0.2, 0.25) is 0 Å². The first-order valence-electron chi connectivity index (χ1n) is 4.35. The smallest absolute Gasteiger partial charge is 0.164 e. The van der Waals surface area contributed by atoms with Crippen LogP contribution in [-0.4, -0.2) is 0 Å². The van der Waals surface area contributed by atoms with E-state index in [9.17, 15) is 8.78 Å². The standard InChI is InChI=1S/C10H13F2NO/c1-6(2)7-3-8(5-14-13)10(12)9(11)4-7/h3-4,6H,5,13H2,1-2H3. The first-order valence-corrected chi connectivity index (χ1v) is 4.35. The predicted octanol–water partition coefficient (Wildman–Crippen LogP) is 2.48. The van der Waals surface area contributed by atoms with Crippen molar-refractivity contribution in [1.29, 1.82) is 0 Å². The van der Waals surface area contributed by atoms with E-state index < -0.39 is 11.6 Å². The molecule has 0 saturated heterocycles. The highest BCUT2D eigenvalue weighted by Gasteiger charge is 2.12. The van der Waals surface area contributed by atoms with E-state index in [1.807, 2.05) is 13.8 Å². The van der Waals surface area contributed by atoms with E-state index in [0.29, 0.717) is 0 Å². The van der Waals surface area contributed by atoms with Gasteiger partial charge in [0.05, 0.1) is 6.61 Å². The van der Waals surface area contributed by atoms with Crippen LogP contribution in [0.5, 0.6) is 0 Å². The number of hydrogen-bond acceptors (Lipinski definition) is 2. The van der Waals surface area contributed by atoms with Crippen LogP contribution in [0.3, 0.4) is 0 Å². The largest absolute Gasteiger partial charge is 0.300 e. The van der Waals surface area contributed by atoms with E-state index in [4.69, 9.17) is 5.90 Å². The van der Waals surface area contributed by atoms with E-state index in [-0.39, 0.29) is 18.1 Å². The molecular weight excluding hydrogens is 188 g/mol. The minimum Gasteiger partial charge on any atom is -0.300 e. The predicted molar refractivity (Wildman–Crippen MR) is 49.4 cm³/mol. The van der Waals surface area contributed by atoms with Gasteiger partial charge < -0.3 is 0 Å². The van der Waals surface area contributed by atoms with Gasteiger partial charge in [-0.05, 0) is 17.5 Å². The van der Waals surface area contributed by atoms with E-state index in [1.165, 1.54) is 6.07 Å². The van der Waals surface area contributed by atoms with Gasteiger partial charge in [-0.25, -0.2) is 14.7 Å². The van der Waals surface area contributed by atoms with Gasteiger partial charge in [0.25, 0.3) is 0 Å². The van der Waals surface area contributed by atoms with Crippen LogP contribution in [0.25, 0.3) is 0 Å². The summed E-state index contributed by atoms with van der Waals surface area (Å²) in [5.41, 5.74) is 0.882. The number of nitrogens with two attached hydrogens (primary N) is 1. The summed E-state index contributed by atoms with van der Waals surface area (Å²) in [6.07, 6.45) is 0. The van der Waals surface area contributed by atoms with E-state index in [1.54, 1.807) is 6.07 Å². The minimum atomic E-state index is -0.889. The van der Waals surface area contributed by atoms with Gasteiger partial charge in [-0.1, -0.05) is 19.9 Å². The van der Waals surface area contributed by atoms with Crippen LogP contribution in [0.2, 0.25) is 0 Å². The highest BCUT2D eigenvalue weighted by Crippen LogP contribution is 2.21. The lowest BCUT2D eigenvalue weighted by atomic mass is 10.0. The van der Waals surface area contributed by atoms with Crippen molar-refractivity contribution in [3.8, 4) is 0 Å². The van der Waals surface area contributed by atoms with Gasteiger partial charge in [-0.2, -0.15) is 0 Å². The average Bonchev–Trinajstić information content (AvgIpc) is 2.12. The van der Waals surface area contributed by atoms with Crippen LogP contribution in [-0.2, 0) is 11.4 Å². The summed E-state index contributed by atoms with van der Waals surface area (Å²) in [6, 6.07) is 2.76. The lowest BCUT2D eigenvalue weighted by Crippen LogP contribution is -2.04. The van der Waals surface area contributed by atoms with E-state index in [2.05, 4.69) is 4.84 Å². The molecule has 0 atom stereocenters. The Labute approximate surface area is 81.6 Å². The molecule has 1 aromatic rings. The molecule has 0 amide bonds. The van der Waals surface area contributed by atoms with Crippen molar-refractivity contribution in [2.45, 2.75) is 26.4 Å². The third-order valence-corrected chi connectivity index (χ3v) is 2.03. The number of halogens is 2. The molecule has 4 heteroatoms. The van der Waals surface area contributed by atoms with Crippen molar-refractivity contribution < 1.29 is 13.6 Å². The maximum absolute atomic E-state index is 13.1. The Bertz CT molecular complexity index is 326. The van der Waals surface area contributed by atoms with Gasteiger partial charge in [-0.15, -0.1) is 0 Å². The molecule has 2 N–H and O–H groups in total. The number of rotatable bonds is 3. The Kier molecular flexibility index (Phi) is 3.55. The summed E-state index contributed by atoms with van der Waals surface area (Å²) in [7, 11) is 0. The Morgan fingerprint density at radius 3 is 2.50 bits per heavy atom. The van der Waals surface area contributed by atoms with Gasteiger partial charge in [0, 0.05) is 5.56 Å². The second-order valence-electron chi connectivity index (χ2n) is 3.44. The maximum atomic E-state index is 13.1. The van der Waals surface area contributed by atoms with Crippen molar-refractivity contribution in [3.63, 3.8) is 0 Å². The Morgan fingerprint density at radius 2 is 2.00 bits per heavy atom. The monoisotopic (exact) mass is 201 g/mol. The summed E-state index contributed by atoms with van der Waals surface area (Å²) in [6.45, 7) is 3.68. The molecule has 0 spiro atoms. The number of hydrogen-bond donors (Lipinski definition) is 1. The van der Waals surface area contributed by atoms with Crippen LogP contribution < -0.4 is 5.90 Å². The molecule has 0 aliphatic heterocycles. The second-order valence-corrected chi connectivity index (χ2v) is 3.44. The van der Waals surface area contributed by atoms with Crippen molar-refractivity contribution in [2.24, 2.45) is 5.90 Å². The third kappa shape index (κ3) is 2.27. The molecule has 0 radical (unpaired) electrons. The van der Waals surface area contributed by atoms with E-state index >= 15 is 0 Å². The molecule has 0 aliphatic carbocycles. The summed E-state index contributed by atoms with van der Waals surface area (Å²) in [5.74, 6) is 3.21. The fourth-order valence-corrected chi connectivity index (χ4v) is 1.20. The fraction of sp³-hybridized carbons (Fsp3) is 0.400. The van der Waals surface area contributed by atoms with Gasteiger partial charge in [0.1, 0.15) is 0 Å². The van der Waals surface area contributed by atoms with Crippen LogP contribution >= 0.6 is 0 Å². The Hall–Kier alpha value is -1.00. The average molecular weight is 201 g/mol. The normalized spacial score (nSPS) is 11.0. The van der Waals surface area contributed by atoms with Gasteiger partial charge >= 0.3 is 0 Å². The molecule has 0 unspecified atom stereocenters. The zero-order valence-electron chi connectivity index (χ0n) is 8.18. The molecule has 0 bridgehead atoms. The molecule has 1 rings (SSSR count). The molecule has 1 aromatic carbocycles. The molecular formula is C10H13F2NO. The number of benzene rings is 1. The summed E-state index contributed by atoms with van der Waals surface area (Å²) < 4.78 is 26.2. The molecule has 14 heavy (non-hydrogen) atoms. The van der Waals surface area contributed by atoms with Crippen molar-refractivity contribution >= 4 is 0 Å². The maximum Gasteiger partial charge on any atom is 0.164 e. The Balaban J connectivity index is 3.14. The lowest BCUT2D eigenvalue weighted by Gasteiger charge is -2.09. The van der Waals surface area contributed by atoms with Crippen LogP contribution in [0.1, 0.15) is 30.9 Å². The van der Waals surface area contributed by atoms with Crippen molar-refractivity contribution in [1.82, 2.24) is 0 Å². The first kappa shape index (κ1) is 11.1. The Morgan fingerprint density at radius 1 is 1.36 bits per heavy atom. The zero-order chi connectivity index (χ0) is 10.7. The van der Waals surface area contributed by atoms with Crippen molar-refractivity contribution in [3.05, 3.63) is 34.9 Å². The first-order chi connectivity index (χ1) is 6.56. The SMILES string of the molecule is CC(C)c1cc(F)c(F)c(CON)c1.